The molecule has 2 N–H and O–H groups in total. The van der Waals surface area contributed by atoms with Gasteiger partial charge in [-0.05, 0) is 18.2 Å². The van der Waals surface area contributed by atoms with Crippen molar-refractivity contribution in [1.82, 2.24) is 10.6 Å². The van der Waals surface area contributed by atoms with Crippen LogP contribution in [0.2, 0.25) is 0 Å². The zero-order chi connectivity index (χ0) is 13.3. The van der Waals surface area contributed by atoms with Gasteiger partial charge in [-0.15, -0.1) is 0 Å². The summed E-state index contributed by atoms with van der Waals surface area (Å²) in [6, 6.07) is 4.78. The molecule has 18 heavy (non-hydrogen) atoms. The molecule has 0 aliphatic carbocycles. The smallest absolute Gasteiger partial charge is 0.280 e. The van der Waals surface area contributed by atoms with Crippen molar-refractivity contribution in [3.8, 4) is 0 Å². The third-order valence-corrected chi connectivity index (χ3v) is 2.96. The topological polar surface area (TPSA) is 76.7 Å². The van der Waals surface area contributed by atoms with Gasteiger partial charge in [0.1, 0.15) is 0 Å². The van der Waals surface area contributed by atoms with Crippen molar-refractivity contribution >= 4 is 11.8 Å². The third kappa shape index (κ3) is 1.66. The fourth-order valence-corrected chi connectivity index (χ4v) is 1.99. The van der Waals surface area contributed by atoms with Crippen molar-refractivity contribution in [2.75, 3.05) is 21.3 Å². The molecule has 0 aromatic heterocycles. The predicted octanol–water partition coefficient (Wildman–Crippen LogP) is 0.193. The maximum atomic E-state index is 11.9. The molecule has 0 unspecified atom stereocenters. The van der Waals surface area contributed by atoms with Crippen LogP contribution in [0.15, 0.2) is 18.2 Å². The highest BCUT2D eigenvalue weighted by molar-refractivity contribution is 6.03. The van der Waals surface area contributed by atoms with E-state index in [1.54, 1.807) is 12.1 Å². The third-order valence-electron chi connectivity index (χ3n) is 2.96. The highest BCUT2D eigenvalue weighted by atomic mass is 16.7. The second-order valence-electron chi connectivity index (χ2n) is 3.82. The van der Waals surface area contributed by atoms with E-state index < -0.39 is 5.91 Å². The predicted molar refractivity (Wildman–Crippen MR) is 63.0 cm³/mol. The van der Waals surface area contributed by atoms with E-state index in [2.05, 4.69) is 10.6 Å². The lowest BCUT2D eigenvalue weighted by Crippen LogP contribution is -2.42. The summed E-state index contributed by atoms with van der Waals surface area (Å²) in [4.78, 5) is 23.4. The first kappa shape index (κ1) is 12.5. The number of hydrogen-bond acceptors (Lipinski definition) is 4. The summed E-state index contributed by atoms with van der Waals surface area (Å²) in [5.74, 6) is -1.86. The molecule has 1 aliphatic heterocycles. The highest BCUT2D eigenvalue weighted by Gasteiger charge is 2.44. The minimum Gasteiger partial charge on any atom is -0.355 e. The van der Waals surface area contributed by atoms with Crippen molar-refractivity contribution in [2.45, 2.75) is 5.91 Å². The molecule has 96 valence electrons. The van der Waals surface area contributed by atoms with Gasteiger partial charge in [0, 0.05) is 32.4 Å². The lowest BCUT2D eigenvalue weighted by atomic mass is 10.0. The number of nitrogens with one attached hydrogen (secondary N) is 2. The van der Waals surface area contributed by atoms with Crippen LogP contribution in [-0.2, 0) is 15.4 Å². The molecule has 2 rings (SSSR count). The van der Waals surface area contributed by atoms with Gasteiger partial charge in [-0.2, -0.15) is 0 Å². The molecule has 0 bridgehead atoms. The molecule has 6 heteroatoms. The summed E-state index contributed by atoms with van der Waals surface area (Å²) in [7, 11) is 4.40. The lowest BCUT2D eigenvalue weighted by Gasteiger charge is -2.26. The Hall–Kier alpha value is -1.92. The normalized spacial score (nSPS) is 16.1. The fourth-order valence-electron chi connectivity index (χ4n) is 1.99. The zero-order valence-electron chi connectivity index (χ0n) is 10.4. The quantitative estimate of drug-likeness (QED) is 0.751. The Labute approximate surface area is 104 Å². The van der Waals surface area contributed by atoms with Gasteiger partial charge >= 0.3 is 0 Å². The zero-order valence-corrected chi connectivity index (χ0v) is 10.4. The minimum absolute atomic E-state index is 0.252. The summed E-state index contributed by atoms with van der Waals surface area (Å²) < 4.78 is 10.4. The van der Waals surface area contributed by atoms with Gasteiger partial charge in [0.05, 0.1) is 5.56 Å². The average molecular weight is 250 g/mol. The van der Waals surface area contributed by atoms with Crippen LogP contribution in [0.1, 0.15) is 26.3 Å². The number of amides is 2. The monoisotopic (exact) mass is 250 g/mol. The van der Waals surface area contributed by atoms with Crippen LogP contribution in [0.5, 0.6) is 0 Å². The van der Waals surface area contributed by atoms with Crippen LogP contribution in [-0.4, -0.2) is 33.1 Å². The van der Waals surface area contributed by atoms with Crippen molar-refractivity contribution in [1.29, 1.82) is 0 Å². The molecule has 0 spiro atoms. The first-order valence-electron chi connectivity index (χ1n) is 5.37. The summed E-state index contributed by atoms with van der Waals surface area (Å²) in [6.45, 7) is 0. The lowest BCUT2D eigenvalue weighted by molar-refractivity contribution is -0.225. The summed E-state index contributed by atoms with van der Waals surface area (Å²) in [5, 5.41) is 5.10. The molecular weight excluding hydrogens is 236 g/mol. The minimum atomic E-state index is -1.27. The Morgan fingerprint density at radius 3 is 2.56 bits per heavy atom. The molecule has 6 nitrogen and oxygen atoms in total. The van der Waals surface area contributed by atoms with E-state index in [1.807, 2.05) is 0 Å². The SMILES string of the molecule is CNC(=O)c1ccc2c(c1)C(=O)NC2(OC)OC. The Morgan fingerprint density at radius 2 is 2.00 bits per heavy atom. The number of fused-ring (bicyclic) bond motifs is 1. The number of rotatable bonds is 3. The van der Waals surface area contributed by atoms with E-state index in [9.17, 15) is 9.59 Å². The average Bonchev–Trinajstić information content (AvgIpc) is 2.71. The van der Waals surface area contributed by atoms with E-state index in [0.29, 0.717) is 16.7 Å². The molecule has 1 aromatic carbocycles. The van der Waals surface area contributed by atoms with Gasteiger partial charge < -0.3 is 14.8 Å². The van der Waals surface area contributed by atoms with Gasteiger partial charge in [-0.25, -0.2) is 0 Å². The number of benzene rings is 1. The Morgan fingerprint density at radius 1 is 1.33 bits per heavy atom. The van der Waals surface area contributed by atoms with Crippen LogP contribution in [0.25, 0.3) is 0 Å². The molecule has 1 aromatic rings. The first-order chi connectivity index (χ1) is 8.57. The number of methoxy groups -OCH3 is 2. The maximum Gasteiger partial charge on any atom is 0.280 e. The standard InChI is InChI=1S/C12H14N2O4/c1-13-10(15)7-4-5-9-8(6-7)11(16)14-12(9,17-2)18-3/h4-6H,1-3H3,(H,13,15)(H,14,16). The summed E-state index contributed by atoms with van der Waals surface area (Å²) in [5.41, 5.74) is 1.35. The molecular formula is C12H14N2O4. The van der Waals surface area contributed by atoms with Crippen molar-refractivity contribution < 1.29 is 19.1 Å². The number of carbonyl (C=O) groups excluding carboxylic acids is 2. The Balaban J connectivity index is 2.53. The second-order valence-corrected chi connectivity index (χ2v) is 3.82. The Kier molecular flexibility index (Phi) is 3.06. The van der Waals surface area contributed by atoms with Crippen molar-refractivity contribution in [2.24, 2.45) is 0 Å². The largest absolute Gasteiger partial charge is 0.355 e. The number of hydrogen-bond donors (Lipinski definition) is 2. The van der Waals surface area contributed by atoms with Crippen LogP contribution in [0.4, 0.5) is 0 Å². The molecule has 1 heterocycles. The van der Waals surface area contributed by atoms with Crippen LogP contribution in [0, 0.1) is 0 Å². The maximum absolute atomic E-state index is 11.9. The van der Waals surface area contributed by atoms with Crippen LogP contribution < -0.4 is 10.6 Å². The van der Waals surface area contributed by atoms with Gasteiger partial charge in [0.25, 0.3) is 17.7 Å². The molecule has 0 saturated carbocycles. The molecule has 0 fully saturated rings. The van der Waals surface area contributed by atoms with Gasteiger partial charge in [-0.3, -0.25) is 14.9 Å². The van der Waals surface area contributed by atoms with Gasteiger partial charge in [0.2, 0.25) is 0 Å². The first-order valence-corrected chi connectivity index (χ1v) is 5.37. The second kappa shape index (κ2) is 4.40. The van der Waals surface area contributed by atoms with E-state index in [1.165, 1.54) is 27.3 Å². The summed E-state index contributed by atoms with van der Waals surface area (Å²) >= 11 is 0. The van der Waals surface area contributed by atoms with Crippen LogP contribution in [0.3, 0.4) is 0 Å². The van der Waals surface area contributed by atoms with E-state index >= 15 is 0 Å². The van der Waals surface area contributed by atoms with Crippen molar-refractivity contribution in [3.63, 3.8) is 0 Å². The van der Waals surface area contributed by atoms with Gasteiger partial charge in [0.15, 0.2) is 0 Å². The molecule has 0 saturated heterocycles. The van der Waals surface area contributed by atoms with Crippen molar-refractivity contribution in [3.05, 3.63) is 34.9 Å². The van der Waals surface area contributed by atoms with Gasteiger partial charge in [-0.1, -0.05) is 0 Å². The molecule has 1 aliphatic rings. The molecule has 2 amide bonds. The summed E-state index contributed by atoms with van der Waals surface area (Å²) in [6.07, 6.45) is 0. The number of carbonyl (C=O) groups is 2. The van der Waals surface area contributed by atoms with E-state index in [4.69, 9.17) is 9.47 Å². The fraction of sp³-hybridized carbons (Fsp3) is 0.333. The van der Waals surface area contributed by atoms with E-state index in [0.717, 1.165) is 0 Å². The van der Waals surface area contributed by atoms with E-state index in [-0.39, 0.29) is 11.8 Å². The number of ether oxygens (including phenoxy) is 2. The highest BCUT2D eigenvalue weighted by Crippen LogP contribution is 2.32. The Bertz CT molecular complexity index is 509. The molecule has 0 atom stereocenters. The van der Waals surface area contributed by atoms with Crippen LogP contribution >= 0.6 is 0 Å². The molecule has 0 radical (unpaired) electrons.